The van der Waals surface area contributed by atoms with Crippen molar-refractivity contribution in [3.8, 4) is 17.5 Å². The molecular formula is C10H5Cl2N3. The molecule has 0 unspecified atom stereocenters. The number of nitrogens with zero attached hydrogens (tertiary/aromatic N) is 2. The molecule has 0 fully saturated rings. The average molecular weight is 238 g/mol. The summed E-state index contributed by atoms with van der Waals surface area (Å²) in [5.74, 6) is 0.541. The Morgan fingerprint density at radius 3 is 2.73 bits per heavy atom. The standard InChI is InChI=1S/C10H5Cl2N3/c11-7-3-1-2-6(4-7)10-14-8(5-13)9(12)15-10/h1-4H,(H,14,15). The van der Waals surface area contributed by atoms with Gasteiger partial charge < -0.3 is 4.98 Å². The molecule has 0 radical (unpaired) electrons. The van der Waals surface area contributed by atoms with E-state index in [0.29, 0.717) is 10.8 Å². The normalized spacial score (nSPS) is 9.93. The summed E-state index contributed by atoms with van der Waals surface area (Å²) in [5.41, 5.74) is 0.984. The monoisotopic (exact) mass is 237 g/mol. The highest BCUT2D eigenvalue weighted by atomic mass is 35.5. The molecule has 5 heteroatoms. The molecule has 0 saturated carbocycles. The Labute approximate surface area is 96.3 Å². The van der Waals surface area contributed by atoms with Crippen molar-refractivity contribution in [1.29, 1.82) is 5.26 Å². The van der Waals surface area contributed by atoms with E-state index < -0.39 is 0 Å². The third kappa shape index (κ3) is 1.96. The number of halogens is 2. The van der Waals surface area contributed by atoms with Crippen LogP contribution in [0, 0.1) is 11.3 Å². The summed E-state index contributed by atoms with van der Waals surface area (Å²) in [6.07, 6.45) is 0. The van der Waals surface area contributed by atoms with Gasteiger partial charge in [0, 0.05) is 10.6 Å². The van der Waals surface area contributed by atoms with Crippen molar-refractivity contribution in [2.75, 3.05) is 0 Å². The number of nitriles is 1. The molecule has 3 nitrogen and oxygen atoms in total. The first kappa shape index (κ1) is 10.0. The zero-order valence-corrected chi connectivity index (χ0v) is 8.97. The van der Waals surface area contributed by atoms with Crippen LogP contribution in [0.2, 0.25) is 10.2 Å². The van der Waals surface area contributed by atoms with E-state index in [2.05, 4.69) is 9.97 Å². The van der Waals surface area contributed by atoms with Gasteiger partial charge in [-0.1, -0.05) is 35.3 Å². The molecule has 74 valence electrons. The van der Waals surface area contributed by atoms with Gasteiger partial charge in [0.05, 0.1) is 0 Å². The maximum absolute atomic E-state index is 8.69. The van der Waals surface area contributed by atoms with Gasteiger partial charge in [0.25, 0.3) is 0 Å². The molecule has 0 saturated heterocycles. The van der Waals surface area contributed by atoms with Gasteiger partial charge in [0.15, 0.2) is 5.69 Å². The largest absolute Gasteiger partial charge is 0.328 e. The number of rotatable bonds is 1. The van der Waals surface area contributed by atoms with Gasteiger partial charge in [-0.3, -0.25) is 0 Å². The van der Waals surface area contributed by atoms with Gasteiger partial charge in [-0.25, -0.2) is 4.98 Å². The van der Waals surface area contributed by atoms with E-state index in [9.17, 15) is 0 Å². The first-order valence-electron chi connectivity index (χ1n) is 4.12. The third-order valence-electron chi connectivity index (χ3n) is 1.86. The molecule has 0 amide bonds. The minimum absolute atomic E-state index is 0.187. The van der Waals surface area contributed by atoms with E-state index in [0.717, 1.165) is 5.56 Å². The van der Waals surface area contributed by atoms with Crippen molar-refractivity contribution in [2.45, 2.75) is 0 Å². The summed E-state index contributed by atoms with van der Waals surface area (Å²) in [5, 5.41) is 9.54. The van der Waals surface area contributed by atoms with Gasteiger partial charge in [0.2, 0.25) is 0 Å². The van der Waals surface area contributed by atoms with Gasteiger partial charge in [-0.2, -0.15) is 5.26 Å². The van der Waals surface area contributed by atoms with Crippen LogP contribution >= 0.6 is 23.2 Å². The molecule has 1 aromatic carbocycles. The number of nitrogens with one attached hydrogen (secondary N) is 1. The zero-order valence-electron chi connectivity index (χ0n) is 7.46. The van der Waals surface area contributed by atoms with Crippen LogP contribution in [0.5, 0.6) is 0 Å². The summed E-state index contributed by atoms with van der Waals surface area (Å²) < 4.78 is 0. The highest BCUT2D eigenvalue weighted by Gasteiger charge is 2.09. The van der Waals surface area contributed by atoms with Gasteiger partial charge >= 0.3 is 0 Å². The lowest BCUT2D eigenvalue weighted by molar-refractivity contribution is 1.29. The van der Waals surface area contributed by atoms with E-state index in [-0.39, 0.29) is 10.8 Å². The summed E-state index contributed by atoms with van der Waals surface area (Å²) >= 11 is 11.6. The predicted octanol–water partition coefficient (Wildman–Crippen LogP) is 3.26. The van der Waals surface area contributed by atoms with Crippen molar-refractivity contribution in [1.82, 2.24) is 9.97 Å². The first-order chi connectivity index (χ1) is 7.20. The Balaban J connectivity index is 2.51. The molecule has 0 spiro atoms. The molecule has 2 rings (SSSR count). The second kappa shape index (κ2) is 3.93. The fourth-order valence-electron chi connectivity index (χ4n) is 1.20. The number of hydrogen-bond acceptors (Lipinski definition) is 2. The number of benzene rings is 1. The van der Waals surface area contributed by atoms with Crippen LogP contribution in [0.25, 0.3) is 11.4 Å². The lowest BCUT2D eigenvalue weighted by Gasteiger charge is -1.95. The smallest absolute Gasteiger partial charge is 0.178 e. The molecule has 15 heavy (non-hydrogen) atoms. The summed E-state index contributed by atoms with van der Waals surface area (Å²) in [4.78, 5) is 6.84. The number of hydrogen-bond donors (Lipinski definition) is 1. The molecule has 0 atom stereocenters. The van der Waals surface area contributed by atoms with Gasteiger partial charge in [-0.05, 0) is 12.1 Å². The summed E-state index contributed by atoms with van der Waals surface area (Å²) in [6, 6.07) is 9.05. The summed E-state index contributed by atoms with van der Waals surface area (Å²) in [6.45, 7) is 0. The Bertz CT molecular complexity index is 540. The zero-order chi connectivity index (χ0) is 10.8. The van der Waals surface area contributed by atoms with Crippen molar-refractivity contribution in [3.05, 3.63) is 40.1 Å². The first-order valence-corrected chi connectivity index (χ1v) is 4.88. The number of imidazole rings is 1. The van der Waals surface area contributed by atoms with Crippen LogP contribution in [0.3, 0.4) is 0 Å². The summed E-state index contributed by atoms with van der Waals surface area (Å²) in [7, 11) is 0. The molecule has 0 bridgehead atoms. The molecule has 0 aliphatic rings. The van der Waals surface area contributed by atoms with Crippen LogP contribution in [0.4, 0.5) is 0 Å². The highest BCUT2D eigenvalue weighted by molar-refractivity contribution is 6.31. The molecule has 0 aliphatic heterocycles. The van der Waals surface area contributed by atoms with E-state index in [1.807, 2.05) is 12.1 Å². The van der Waals surface area contributed by atoms with Crippen LogP contribution < -0.4 is 0 Å². The van der Waals surface area contributed by atoms with Crippen molar-refractivity contribution >= 4 is 23.2 Å². The highest BCUT2D eigenvalue weighted by Crippen LogP contribution is 2.23. The van der Waals surface area contributed by atoms with E-state index in [1.54, 1.807) is 18.2 Å². The van der Waals surface area contributed by atoms with E-state index >= 15 is 0 Å². The number of aromatic amines is 1. The molecule has 2 aromatic rings. The fraction of sp³-hybridized carbons (Fsp3) is 0. The van der Waals surface area contributed by atoms with Gasteiger partial charge in [0.1, 0.15) is 17.0 Å². The lowest BCUT2D eigenvalue weighted by atomic mass is 10.2. The molecule has 1 N–H and O–H groups in total. The Morgan fingerprint density at radius 2 is 2.13 bits per heavy atom. The second-order valence-corrected chi connectivity index (χ2v) is 3.68. The Hall–Kier alpha value is -1.50. The second-order valence-electron chi connectivity index (χ2n) is 2.87. The number of aromatic nitrogens is 2. The van der Waals surface area contributed by atoms with E-state index in [1.165, 1.54) is 0 Å². The van der Waals surface area contributed by atoms with Crippen molar-refractivity contribution in [2.24, 2.45) is 0 Å². The quantitative estimate of drug-likeness (QED) is 0.828. The molecule has 1 aromatic heterocycles. The van der Waals surface area contributed by atoms with Crippen LogP contribution in [0.1, 0.15) is 5.69 Å². The predicted molar refractivity (Wildman–Crippen MR) is 58.8 cm³/mol. The third-order valence-corrected chi connectivity index (χ3v) is 2.37. The topological polar surface area (TPSA) is 52.5 Å². The van der Waals surface area contributed by atoms with Gasteiger partial charge in [-0.15, -0.1) is 0 Å². The van der Waals surface area contributed by atoms with Crippen molar-refractivity contribution < 1.29 is 0 Å². The molecular weight excluding hydrogens is 233 g/mol. The minimum Gasteiger partial charge on any atom is -0.328 e. The maximum Gasteiger partial charge on any atom is 0.178 e. The molecule has 1 heterocycles. The Kier molecular flexibility index (Phi) is 2.63. The molecule has 0 aliphatic carbocycles. The Morgan fingerprint density at radius 1 is 1.33 bits per heavy atom. The van der Waals surface area contributed by atoms with Crippen LogP contribution in [-0.2, 0) is 0 Å². The SMILES string of the molecule is N#Cc1nc(-c2cccc(Cl)c2)[nH]c1Cl. The van der Waals surface area contributed by atoms with Crippen LogP contribution in [-0.4, -0.2) is 9.97 Å². The minimum atomic E-state index is 0.187. The average Bonchev–Trinajstić information content (AvgIpc) is 2.60. The van der Waals surface area contributed by atoms with E-state index in [4.69, 9.17) is 28.5 Å². The fourth-order valence-corrected chi connectivity index (χ4v) is 1.56. The maximum atomic E-state index is 8.69. The lowest BCUT2D eigenvalue weighted by Crippen LogP contribution is -1.80. The number of H-pyrrole nitrogens is 1. The van der Waals surface area contributed by atoms with Crippen molar-refractivity contribution in [3.63, 3.8) is 0 Å². The van der Waals surface area contributed by atoms with Crippen LogP contribution in [0.15, 0.2) is 24.3 Å².